The highest BCUT2D eigenvalue weighted by molar-refractivity contribution is 6.05. The lowest BCUT2D eigenvalue weighted by Crippen LogP contribution is -2.18. The highest BCUT2D eigenvalue weighted by Gasteiger charge is 2.14. The number of carbonyl (C=O) groups is 1. The molecule has 1 atom stereocenters. The number of hydrogen-bond donors (Lipinski definition) is 1. The summed E-state index contributed by atoms with van der Waals surface area (Å²) in [6.07, 6.45) is 0.932. The monoisotopic (exact) mass is 448 g/mol. The molecule has 0 saturated heterocycles. The molecule has 1 N–H and O–H groups in total. The van der Waals surface area contributed by atoms with E-state index in [2.05, 4.69) is 10.3 Å². The topological polar surface area (TPSA) is 69.7 Å². The summed E-state index contributed by atoms with van der Waals surface area (Å²) in [7, 11) is 0. The Balaban J connectivity index is 1.64. The molecule has 6 heteroatoms. The van der Waals surface area contributed by atoms with Gasteiger partial charge in [-0.25, -0.2) is 0 Å². The van der Waals surface area contributed by atoms with E-state index in [1.54, 1.807) is 6.07 Å². The van der Waals surface area contributed by atoms with E-state index in [1.165, 1.54) is 0 Å². The molecule has 0 radical (unpaired) electrons. The lowest BCUT2D eigenvalue weighted by atomic mass is 10.1. The van der Waals surface area contributed by atoms with E-state index in [-0.39, 0.29) is 18.1 Å². The summed E-state index contributed by atoms with van der Waals surface area (Å²) in [6, 6.07) is 18.4. The second-order valence-corrected chi connectivity index (χ2v) is 8.12. The fourth-order valence-electron chi connectivity index (χ4n) is 3.52. The first-order chi connectivity index (χ1) is 15.8. The van der Waals surface area contributed by atoms with Crippen molar-refractivity contribution in [1.29, 1.82) is 0 Å². The van der Waals surface area contributed by atoms with E-state index in [9.17, 15) is 4.79 Å². The average Bonchev–Trinajstić information content (AvgIpc) is 2.75. The fraction of sp³-hybridized carbons (Fsp3) is 0.333. The molecular formula is C27H32N2O4. The van der Waals surface area contributed by atoms with Gasteiger partial charge in [0.1, 0.15) is 17.2 Å². The largest absolute Gasteiger partial charge is 0.494 e. The van der Waals surface area contributed by atoms with Gasteiger partial charge in [0, 0.05) is 23.9 Å². The predicted octanol–water partition coefficient (Wildman–Crippen LogP) is 6.19. The number of nitrogens with one attached hydrogen (secondary N) is 1. The molecule has 0 fully saturated rings. The normalized spacial score (nSPS) is 11.8. The van der Waals surface area contributed by atoms with Crippen LogP contribution in [-0.2, 0) is 11.2 Å². The van der Waals surface area contributed by atoms with Gasteiger partial charge >= 0.3 is 0 Å². The first-order valence-corrected chi connectivity index (χ1v) is 11.3. The molecule has 3 rings (SSSR count). The van der Waals surface area contributed by atoms with Crippen molar-refractivity contribution in [2.45, 2.75) is 53.2 Å². The smallest absolute Gasteiger partial charge is 0.257 e. The van der Waals surface area contributed by atoms with E-state index in [0.29, 0.717) is 41.5 Å². The van der Waals surface area contributed by atoms with Gasteiger partial charge in [0.2, 0.25) is 0 Å². The van der Waals surface area contributed by atoms with E-state index >= 15 is 0 Å². The quantitative estimate of drug-likeness (QED) is 0.400. The zero-order valence-electron chi connectivity index (χ0n) is 19.9. The van der Waals surface area contributed by atoms with Crippen LogP contribution in [0.1, 0.15) is 49.4 Å². The summed E-state index contributed by atoms with van der Waals surface area (Å²) in [5.41, 5.74) is 2.77. The third-order valence-corrected chi connectivity index (χ3v) is 4.85. The van der Waals surface area contributed by atoms with Crippen LogP contribution in [0.3, 0.4) is 0 Å². The Morgan fingerprint density at radius 1 is 0.970 bits per heavy atom. The van der Waals surface area contributed by atoms with Crippen LogP contribution in [0.15, 0.2) is 60.7 Å². The molecule has 6 nitrogen and oxygen atoms in total. The van der Waals surface area contributed by atoms with Crippen molar-refractivity contribution < 1.29 is 19.0 Å². The Labute approximate surface area is 195 Å². The molecule has 0 saturated carbocycles. The number of benzene rings is 2. The molecule has 1 amide bonds. The molecule has 3 aromatic rings. The number of rotatable bonds is 10. The molecule has 33 heavy (non-hydrogen) atoms. The number of carbonyl (C=O) groups excluding carboxylic acids is 1. The Bertz CT molecular complexity index is 1060. The molecule has 0 spiro atoms. The zero-order valence-corrected chi connectivity index (χ0v) is 19.9. The van der Waals surface area contributed by atoms with Crippen LogP contribution >= 0.6 is 0 Å². The summed E-state index contributed by atoms with van der Waals surface area (Å²) < 4.78 is 17.1. The van der Waals surface area contributed by atoms with Gasteiger partial charge in [0.25, 0.3) is 5.91 Å². The third kappa shape index (κ3) is 7.32. The van der Waals surface area contributed by atoms with Gasteiger partial charge in [-0.05, 0) is 83.1 Å². The van der Waals surface area contributed by atoms with E-state index in [4.69, 9.17) is 14.2 Å². The zero-order chi connectivity index (χ0) is 23.8. The minimum absolute atomic E-state index is 0.0645. The van der Waals surface area contributed by atoms with E-state index < -0.39 is 0 Å². The second kappa shape index (κ2) is 11.5. The first-order valence-electron chi connectivity index (χ1n) is 11.3. The summed E-state index contributed by atoms with van der Waals surface area (Å²) in [6.45, 7) is 10.5. The van der Waals surface area contributed by atoms with Gasteiger partial charge in [-0.1, -0.05) is 6.07 Å². The number of aromatic nitrogens is 1. The van der Waals surface area contributed by atoms with Gasteiger partial charge in [-0.3, -0.25) is 9.78 Å². The minimum atomic E-state index is -0.212. The van der Waals surface area contributed by atoms with E-state index in [1.807, 2.05) is 89.2 Å². The van der Waals surface area contributed by atoms with Gasteiger partial charge in [-0.2, -0.15) is 0 Å². The molecule has 0 aliphatic rings. The Morgan fingerprint density at radius 2 is 1.70 bits per heavy atom. The third-order valence-electron chi connectivity index (χ3n) is 4.85. The minimum Gasteiger partial charge on any atom is -0.494 e. The van der Waals surface area contributed by atoms with Crippen LogP contribution in [0, 0.1) is 6.92 Å². The Hall–Kier alpha value is -3.38. The molecule has 1 heterocycles. The Kier molecular flexibility index (Phi) is 8.44. The predicted molar refractivity (Wildman–Crippen MR) is 130 cm³/mol. The summed E-state index contributed by atoms with van der Waals surface area (Å²) in [5, 5.41) is 2.93. The van der Waals surface area contributed by atoms with Crippen LogP contribution in [0.4, 0.5) is 5.69 Å². The van der Waals surface area contributed by atoms with Crippen molar-refractivity contribution in [3.05, 3.63) is 77.6 Å². The SMILES string of the molecule is CCOc1ccc(Oc2cccc(NC(=O)c3ccc(CC(C)OC(C)C)nc3C)c2)cc1. The molecule has 2 aromatic carbocycles. The molecule has 0 aliphatic heterocycles. The maximum absolute atomic E-state index is 12.9. The standard InChI is InChI=1S/C27H32N2O4/c1-6-31-23-11-13-24(14-12-23)33-25-9-7-8-21(17-25)29-27(30)26-15-10-22(28-20(26)5)16-19(4)32-18(2)3/h7-15,17-19H,6,16H2,1-5H3,(H,29,30). The molecule has 0 bridgehead atoms. The number of anilines is 1. The number of amides is 1. The molecule has 0 aliphatic carbocycles. The van der Waals surface area contributed by atoms with Crippen molar-refractivity contribution in [3.8, 4) is 17.2 Å². The number of hydrogen-bond acceptors (Lipinski definition) is 5. The van der Waals surface area contributed by atoms with Gasteiger partial charge < -0.3 is 19.5 Å². The van der Waals surface area contributed by atoms with Crippen molar-refractivity contribution in [3.63, 3.8) is 0 Å². The van der Waals surface area contributed by atoms with E-state index in [0.717, 1.165) is 11.4 Å². The highest BCUT2D eigenvalue weighted by atomic mass is 16.5. The first kappa shape index (κ1) is 24.3. The molecule has 1 aromatic heterocycles. The summed E-state index contributed by atoms with van der Waals surface area (Å²) >= 11 is 0. The molecule has 1 unspecified atom stereocenters. The van der Waals surface area contributed by atoms with Crippen LogP contribution in [0.2, 0.25) is 0 Å². The average molecular weight is 449 g/mol. The molecular weight excluding hydrogens is 416 g/mol. The van der Waals surface area contributed by atoms with Gasteiger partial charge in [0.15, 0.2) is 0 Å². The maximum atomic E-state index is 12.9. The number of nitrogens with zero attached hydrogens (tertiary/aromatic N) is 1. The lowest BCUT2D eigenvalue weighted by Gasteiger charge is -2.16. The number of ether oxygens (including phenoxy) is 3. The van der Waals surface area contributed by atoms with Crippen molar-refractivity contribution in [2.24, 2.45) is 0 Å². The van der Waals surface area contributed by atoms with Crippen molar-refractivity contribution in [2.75, 3.05) is 11.9 Å². The fourth-order valence-corrected chi connectivity index (χ4v) is 3.52. The van der Waals surface area contributed by atoms with Gasteiger partial charge in [-0.15, -0.1) is 0 Å². The van der Waals surface area contributed by atoms with Crippen molar-refractivity contribution in [1.82, 2.24) is 4.98 Å². The summed E-state index contributed by atoms with van der Waals surface area (Å²) in [4.78, 5) is 17.5. The second-order valence-electron chi connectivity index (χ2n) is 8.12. The van der Waals surface area contributed by atoms with Crippen LogP contribution in [-0.4, -0.2) is 29.7 Å². The van der Waals surface area contributed by atoms with Crippen LogP contribution in [0.5, 0.6) is 17.2 Å². The highest BCUT2D eigenvalue weighted by Crippen LogP contribution is 2.26. The summed E-state index contributed by atoms with van der Waals surface area (Å²) in [5.74, 6) is 1.90. The number of aryl methyl sites for hydroxylation is 1. The lowest BCUT2D eigenvalue weighted by molar-refractivity contribution is 0.0190. The van der Waals surface area contributed by atoms with Gasteiger partial charge in [0.05, 0.1) is 30.1 Å². The Morgan fingerprint density at radius 3 is 2.36 bits per heavy atom. The van der Waals surface area contributed by atoms with Crippen LogP contribution in [0.25, 0.3) is 0 Å². The molecule has 174 valence electrons. The number of pyridine rings is 1. The maximum Gasteiger partial charge on any atom is 0.257 e. The van der Waals surface area contributed by atoms with Crippen molar-refractivity contribution >= 4 is 11.6 Å². The van der Waals surface area contributed by atoms with Crippen LogP contribution < -0.4 is 14.8 Å².